The van der Waals surface area contributed by atoms with Crippen molar-refractivity contribution in [2.24, 2.45) is 0 Å². The number of hydrogen-bond acceptors (Lipinski definition) is 4. The molecule has 2 aromatic carbocycles. The van der Waals surface area contributed by atoms with Crippen molar-refractivity contribution in [3.8, 4) is 0 Å². The normalized spacial score (nSPS) is 11.6. The zero-order valence-electron chi connectivity index (χ0n) is 13.0. The van der Waals surface area contributed by atoms with Gasteiger partial charge in [-0.2, -0.15) is 0 Å². The summed E-state index contributed by atoms with van der Waals surface area (Å²) in [5, 5.41) is 0. The van der Waals surface area contributed by atoms with Gasteiger partial charge in [-0.1, -0.05) is 29.8 Å². The first-order valence-corrected chi connectivity index (χ1v) is 8.79. The fourth-order valence-corrected chi connectivity index (χ4v) is 3.65. The molecule has 1 aromatic heterocycles. The van der Waals surface area contributed by atoms with Crippen LogP contribution in [-0.2, 0) is 15.8 Å². The van der Waals surface area contributed by atoms with Crippen molar-refractivity contribution in [2.45, 2.75) is 12.7 Å². The first kappa shape index (κ1) is 15.4. The summed E-state index contributed by atoms with van der Waals surface area (Å²) >= 11 is 0. The molecule has 0 aliphatic carbocycles. The summed E-state index contributed by atoms with van der Waals surface area (Å²) < 4.78 is 26.6. The molecular formula is C17H17N3O2S. The topological polar surface area (TPSA) is 63.2 Å². The highest BCUT2D eigenvalue weighted by molar-refractivity contribution is 7.92. The molecule has 0 fully saturated rings. The lowest BCUT2D eigenvalue weighted by molar-refractivity contribution is 0.593. The minimum absolute atomic E-state index is 0.0380. The van der Waals surface area contributed by atoms with Crippen molar-refractivity contribution in [3.63, 3.8) is 0 Å². The third-order valence-corrected chi connectivity index (χ3v) is 5.41. The number of sulfonamides is 1. The van der Waals surface area contributed by atoms with Gasteiger partial charge < -0.3 is 0 Å². The molecular weight excluding hydrogens is 310 g/mol. The maximum atomic E-state index is 12.6. The highest BCUT2D eigenvalue weighted by atomic mass is 32.2. The summed E-state index contributed by atoms with van der Waals surface area (Å²) in [7, 11) is -1.91. The smallest absolute Gasteiger partial charge is 0.239 e. The molecule has 118 valence electrons. The molecule has 0 N–H and O–H groups in total. The molecule has 0 aliphatic rings. The zero-order chi connectivity index (χ0) is 16.4. The van der Waals surface area contributed by atoms with Crippen LogP contribution < -0.4 is 4.31 Å². The van der Waals surface area contributed by atoms with Gasteiger partial charge in [-0.05, 0) is 30.7 Å². The van der Waals surface area contributed by atoms with Gasteiger partial charge in [0.2, 0.25) is 10.0 Å². The van der Waals surface area contributed by atoms with Crippen LogP contribution in [0.3, 0.4) is 0 Å². The first-order chi connectivity index (χ1) is 11.0. The highest BCUT2D eigenvalue weighted by Gasteiger charge is 2.19. The molecule has 0 bridgehead atoms. The second-order valence-electron chi connectivity index (χ2n) is 5.44. The predicted octanol–water partition coefficient (Wildman–Crippen LogP) is 2.90. The number of aromatic nitrogens is 2. The Bertz CT molecular complexity index is 955. The lowest BCUT2D eigenvalue weighted by Crippen LogP contribution is -2.27. The van der Waals surface area contributed by atoms with Gasteiger partial charge in [0.15, 0.2) is 0 Å². The quantitative estimate of drug-likeness (QED) is 0.739. The van der Waals surface area contributed by atoms with Crippen molar-refractivity contribution >= 4 is 26.7 Å². The molecule has 1 heterocycles. The van der Waals surface area contributed by atoms with Gasteiger partial charge in [0.1, 0.15) is 0 Å². The summed E-state index contributed by atoms with van der Waals surface area (Å²) in [4.78, 5) is 8.41. The first-order valence-electron chi connectivity index (χ1n) is 7.19. The number of benzene rings is 2. The van der Waals surface area contributed by atoms with Gasteiger partial charge in [0.25, 0.3) is 0 Å². The van der Waals surface area contributed by atoms with Crippen LogP contribution >= 0.6 is 0 Å². The fourth-order valence-electron chi connectivity index (χ4n) is 2.42. The maximum Gasteiger partial charge on any atom is 0.239 e. The largest absolute Gasteiger partial charge is 0.273 e. The monoisotopic (exact) mass is 327 g/mol. The van der Waals surface area contributed by atoms with Crippen LogP contribution in [0.25, 0.3) is 11.0 Å². The molecule has 23 heavy (non-hydrogen) atoms. The SMILES string of the molecule is Cc1cccc(CS(=O)(=O)N(C)c2ccc3nccnc3c2)c1. The average molecular weight is 327 g/mol. The molecule has 0 saturated heterocycles. The van der Waals surface area contributed by atoms with Crippen LogP contribution in [0.15, 0.2) is 54.9 Å². The average Bonchev–Trinajstić information content (AvgIpc) is 2.53. The van der Waals surface area contributed by atoms with Crippen molar-refractivity contribution < 1.29 is 8.42 Å². The minimum atomic E-state index is -3.47. The Labute approximate surface area is 135 Å². The Hall–Kier alpha value is -2.47. The summed E-state index contributed by atoms with van der Waals surface area (Å²) in [6.07, 6.45) is 3.20. The van der Waals surface area contributed by atoms with Crippen LogP contribution in [0.5, 0.6) is 0 Å². The third kappa shape index (κ3) is 3.32. The predicted molar refractivity (Wildman–Crippen MR) is 91.7 cm³/mol. The van der Waals surface area contributed by atoms with E-state index in [1.54, 1.807) is 37.6 Å². The highest BCUT2D eigenvalue weighted by Crippen LogP contribution is 2.22. The Morgan fingerprint density at radius 1 is 1.00 bits per heavy atom. The van der Waals surface area contributed by atoms with Crippen LogP contribution in [-0.4, -0.2) is 25.4 Å². The van der Waals surface area contributed by atoms with Crippen molar-refractivity contribution in [3.05, 3.63) is 66.0 Å². The van der Waals surface area contributed by atoms with E-state index in [1.807, 2.05) is 31.2 Å². The molecule has 3 aromatic rings. The second-order valence-corrected chi connectivity index (χ2v) is 7.44. The molecule has 0 radical (unpaired) electrons. The van der Waals surface area contributed by atoms with E-state index in [0.717, 1.165) is 16.6 Å². The number of hydrogen-bond donors (Lipinski definition) is 0. The molecule has 0 spiro atoms. The summed E-state index contributed by atoms with van der Waals surface area (Å²) in [6, 6.07) is 12.8. The van der Waals surface area contributed by atoms with E-state index in [1.165, 1.54) is 4.31 Å². The Balaban J connectivity index is 1.91. The van der Waals surface area contributed by atoms with Gasteiger partial charge >= 0.3 is 0 Å². The summed E-state index contributed by atoms with van der Waals surface area (Å²) in [6.45, 7) is 1.95. The second kappa shape index (κ2) is 5.96. The Kier molecular flexibility index (Phi) is 4.00. The molecule has 0 aliphatic heterocycles. The lowest BCUT2D eigenvalue weighted by Gasteiger charge is -2.20. The van der Waals surface area contributed by atoms with Gasteiger partial charge in [-0.25, -0.2) is 8.42 Å². The summed E-state index contributed by atoms with van der Waals surface area (Å²) in [5.41, 5.74) is 3.80. The van der Waals surface area contributed by atoms with E-state index in [4.69, 9.17) is 0 Å². The van der Waals surface area contributed by atoms with E-state index in [9.17, 15) is 8.42 Å². The van der Waals surface area contributed by atoms with E-state index < -0.39 is 10.0 Å². The molecule has 3 rings (SSSR count). The molecule has 6 heteroatoms. The van der Waals surface area contributed by atoms with Crippen molar-refractivity contribution in [1.82, 2.24) is 9.97 Å². The van der Waals surface area contributed by atoms with Crippen LogP contribution in [0, 0.1) is 6.92 Å². The van der Waals surface area contributed by atoms with Gasteiger partial charge in [0.05, 0.1) is 22.5 Å². The number of fused-ring (bicyclic) bond motifs is 1. The van der Waals surface area contributed by atoms with E-state index >= 15 is 0 Å². The van der Waals surface area contributed by atoms with Crippen LogP contribution in [0.2, 0.25) is 0 Å². The number of anilines is 1. The van der Waals surface area contributed by atoms with E-state index in [-0.39, 0.29) is 5.75 Å². The minimum Gasteiger partial charge on any atom is -0.273 e. The van der Waals surface area contributed by atoms with Gasteiger partial charge in [-0.3, -0.25) is 14.3 Å². The van der Waals surface area contributed by atoms with Crippen molar-refractivity contribution in [2.75, 3.05) is 11.4 Å². The van der Waals surface area contributed by atoms with Crippen LogP contribution in [0.1, 0.15) is 11.1 Å². The van der Waals surface area contributed by atoms with E-state index in [2.05, 4.69) is 9.97 Å². The lowest BCUT2D eigenvalue weighted by atomic mass is 10.2. The fraction of sp³-hybridized carbons (Fsp3) is 0.176. The number of nitrogens with zero attached hydrogens (tertiary/aromatic N) is 3. The van der Waals surface area contributed by atoms with Crippen LogP contribution in [0.4, 0.5) is 5.69 Å². The Morgan fingerprint density at radius 2 is 1.74 bits per heavy atom. The molecule has 0 atom stereocenters. The van der Waals surface area contributed by atoms with Crippen molar-refractivity contribution in [1.29, 1.82) is 0 Å². The maximum absolute atomic E-state index is 12.6. The van der Waals surface area contributed by atoms with Gasteiger partial charge in [0, 0.05) is 19.4 Å². The molecule has 0 unspecified atom stereocenters. The standard InChI is InChI=1S/C17H17N3O2S/c1-13-4-3-5-14(10-13)12-23(21,22)20(2)15-6-7-16-17(11-15)19-9-8-18-16/h3-11H,12H2,1-2H3. The number of rotatable bonds is 4. The molecule has 5 nitrogen and oxygen atoms in total. The summed E-state index contributed by atoms with van der Waals surface area (Å²) in [5.74, 6) is -0.0380. The third-order valence-electron chi connectivity index (χ3n) is 3.67. The molecule has 0 amide bonds. The molecule has 0 saturated carbocycles. The van der Waals surface area contributed by atoms with Gasteiger partial charge in [-0.15, -0.1) is 0 Å². The Morgan fingerprint density at radius 3 is 2.48 bits per heavy atom. The van der Waals surface area contributed by atoms with E-state index in [0.29, 0.717) is 11.2 Å². The zero-order valence-corrected chi connectivity index (χ0v) is 13.8. The number of aryl methyl sites for hydroxylation is 1.